The number of benzene rings is 9. The molecule has 0 bridgehead atoms. The first-order valence-electron chi connectivity index (χ1n) is 17.0. The molecule has 10 rings (SSSR count). The fourth-order valence-electron chi connectivity index (χ4n) is 8.17. The fourth-order valence-corrected chi connectivity index (χ4v) is 8.17. The minimum absolute atomic E-state index is 0.438. The molecule has 2 heteroatoms. The molecule has 0 saturated carbocycles. The Morgan fingerprint density at radius 2 is 0.820 bits per heavy atom. The smallest absolute Gasteiger partial charge is 0.108 e. The Bertz CT molecular complexity index is 2710. The van der Waals surface area contributed by atoms with Crippen LogP contribution in [0.1, 0.15) is 0 Å². The Labute approximate surface area is 289 Å². The Morgan fingerprint density at radius 1 is 0.320 bits per heavy atom. The second kappa shape index (κ2) is 11.2. The van der Waals surface area contributed by atoms with E-state index in [0.717, 1.165) is 11.1 Å². The van der Waals surface area contributed by atoms with E-state index in [1.807, 2.05) is 12.1 Å². The van der Waals surface area contributed by atoms with Gasteiger partial charge < -0.3 is 0 Å². The molecule has 50 heavy (non-hydrogen) atoms. The second-order valence-electron chi connectivity index (χ2n) is 13.1. The minimum Gasteiger partial charge on any atom is -0.145 e. The average Bonchev–Trinajstić information content (AvgIpc) is 3.52. The zero-order valence-electron chi connectivity index (χ0n) is 27.1. The maximum atomic E-state index is 10.9. The molecule has 0 N–H and O–H groups in total. The van der Waals surface area contributed by atoms with E-state index < -0.39 is 0 Å². The van der Waals surface area contributed by atoms with E-state index in [0.29, 0.717) is 5.69 Å². The van der Waals surface area contributed by atoms with Gasteiger partial charge >= 0.3 is 0 Å². The summed E-state index contributed by atoms with van der Waals surface area (Å²) in [6.07, 6.45) is 0. The lowest BCUT2D eigenvalue weighted by Crippen LogP contribution is -1.93. The molecule has 0 amide bonds. The molecular formula is C48H29NO. The number of rotatable bonds is 5. The van der Waals surface area contributed by atoms with Gasteiger partial charge in [-0.2, -0.15) is 0 Å². The zero-order valence-corrected chi connectivity index (χ0v) is 27.1. The predicted octanol–water partition coefficient (Wildman–Crippen LogP) is 13.9. The number of nitrogens with zero attached hydrogens (tertiary/aromatic N) is 1. The van der Waals surface area contributed by atoms with E-state index in [1.54, 1.807) is 12.1 Å². The zero-order chi connectivity index (χ0) is 33.2. The first-order chi connectivity index (χ1) is 24.8. The molecule has 2 nitrogen and oxygen atoms in total. The van der Waals surface area contributed by atoms with E-state index in [1.165, 1.54) is 88.0 Å². The lowest BCUT2D eigenvalue weighted by Gasteiger charge is -2.20. The molecule has 0 atom stereocenters. The molecule has 1 aliphatic carbocycles. The number of nitroso groups, excluding NO2 is 1. The van der Waals surface area contributed by atoms with Crippen LogP contribution < -0.4 is 0 Å². The van der Waals surface area contributed by atoms with Crippen LogP contribution in [-0.4, -0.2) is 0 Å². The first kappa shape index (κ1) is 28.4. The summed E-state index contributed by atoms with van der Waals surface area (Å²) in [5.41, 5.74) is 15.3. The van der Waals surface area contributed by atoms with Crippen molar-refractivity contribution in [2.24, 2.45) is 5.18 Å². The summed E-state index contributed by atoms with van der Waals surface area (Å²) in [5.74, 6) is 0. The van der Waals surface area contributed by atoms with Gasteiger partial charge in [-0.25, -0.2) is 0 Å². The topological polar surface area (TPSA) is 29.4 Å². The third-order valence-corrected chi connectivity index (χ3v) is 10.4. The molecule has 0 unspecified atom stereocenters. The quantitative estimate of drug-likeness (QED) is 0.173. The highest BCUT2D eigenvalue weighted by Crippen LogP contribution is 2.58. The van der Waals surface area contributed by atoms with Crippen molar-refractivity contribution in [2.45, 2.75) is 0 Å². The van der Waals surface area contributed by atoms with Crippen LogP contribution in [0.5, 0.6) is 0 Å². The number of fused-ring (bicyclic) bond motifs is 5. The molecule has 9 aromatic carbocycles. The van der Waals surface area contributed by atoms with Gasteiger partial charge in [0.1, 0.15) is 5.69 Å². The third kappa shape index (κ3) is 4.29. The average molecular weight is 636 g/mol. The van der Waals surface area contributed by atoms with Gasteiger partial charge in [-0.15, -0.1) is 4.91 Å². The summed E-state index contributed by atoms with van der Waals surface area (Å²) in [6.45, 7) is 0. The molecule has 1 aliphatic rings. The molecule has 0 spiro atoms. The lowest BCUT2D eigenvalue weighted by atomic mass is 9.82. The SMILES string of the molecule is O=Nc1ccc(-c2ccc3cc(-c4ccc5c6c(cccc46)-c4c-5c(-c5ccccc5)c5ccccc5c4-c4ccccc4)ccc3c2)cc1. The maximum Gasteiger partial charge on any atom is 0.108 e. The Hall–Kier alpha value is -6.64. The van der Waals surface area contributed by atoms with Crippen LogP contribution in [-0.2, 0) is 0 Å². The monoisotopic (exact) mass is 635 g/mol. The van der Waals surface area contributed by atoms with E-state index in [2.05, 4.69) is 157 Å². The van der Waals surface area contributed by atoms with Gasteiger partial charge in [0.05, 0.1) is 0 Å². The van der Waals surface area contributed by atoms with Crippen molar-refractivity contribution in [3.8, 4) is 66.8 Å². The summed E-state index contributed by atoms with van der Waals surface area (Å²) in [6, 6.07) is 62.9. The van der Waals surface area contributed by atoms with Gasteiger partial charge in [0.25, 0.3) is 0 Å². The van der Waals surface area contributed by atoms with E-state index >= 15 is 0 Å². The molecule has 0 aliphatic heterocycles. The number of hydrogen-bond acceptors (Lipinski definition) is 2. The Kier molecular flexibility index (Phi) is 6.37. The van der Waals surface area contributed by atoms with Crippen LogP contribution in [0.2, 0.25) is 0 Å². The van der Waals surface area contributed by atoms with Crippen LogP contribution in [0.3, 0.4) is 0 Å². The van der Waals surface area contributed by atoms with Crippen molar-refractivity contribution in [1.82, 2.24) is 0 Å². The highest BCUT2D eigenvalue weighted by atomic mass is 16.3. The Morgan fingerprint density at radius 3 is 1.44 bits per heavy atom. The summed E-state index contributed by atoms with van der Waals surface area (Å²) >= 11 is 0. The van der Waals surface area contributed by atoms with Gasteiger partial charge in [-0.05, 0) is 129 Å². The summed E-state index contributed by atoms with van der Waals surface area (Å²) < 4.78 is 0. The molecule has 0 fully saturated rings. The van der Waals surface area contributed by atoms with E-state index in [9.17, 15) is 4.91 Å². The van der Waals surface area contributed by atoms with Gasteiger partial charge in [0.2, 0.25) is 0 Å². The first-order valence-corrected chi connectivity index (χ1v) is 17.0. The van der Waals surface area contributed by atoms with Crippen molar-refractivity contribution in [1.29, 1.82) is 0 Å². The van der Waals surface area contributed by atoms with Gasteiger partial charge in [0.15, 0.2) is 0 Å². The van der Waals surface area contributed by atoms with Crippen LogP contribution >= 0.6 is 0 Å². The molecule has 0 radical (unpaired) electrons. The largest absolute Gasteiger partial charge is 0.145 e. The fraction of sp³-hybridized carbons (Fsp3) is 0. The molecule has 0 saturated heterocycles. The van der Waals surface area contributed by atoms with Gasteiger partial charge in [-0.3, -0.25) is 0 Å². The van der Waals surface area contributed by atoms with Crippen LogP contribution in [0.4, 0.5) is 5.69 Å². The minimum atomic E-state index is 0.438. The molecule has 9 aromatic rings. The third-order valence-electron chi connectivity index (χ3n) is 10.4. The number of hydrogen-bond donors (Lipinski definition) is 0. The standard InChI is InChI=1S/C48H29NO/c50-49-37-24-22-30(23-25-37)33-18-19-35-29-36(21-20-34(35)28-33)38-26-27-43-46-39(38)16-9-17-42(46)47-44(31-10-3-1-4-11-31)40-14-7-8-15-41(40)45(48(43)47)32-12-5-2-6-13-32/h1-29H. The van der Waals surface area contributed by atoms with E-state index in [4.69, 9.17) is 0 Å². The van der Waals surface area contributed by atoms with Crippen LogP contribution in [0.25, 0.3) is 99.1 Å². The summed E-state index contributed by atoms with van der Waals surface area (Å²) in [4.78, 5) is 10.9. The van der Waals surface area contributed by atoms with Gasteiger partial charge in [0, 0.05) is 0 Å². The lowest BCUT2D eigenvalue weighted by molar-refractivity contribution is 1.49. The van der Waals surface area contributed by atoms with Crippen LogP contribution in [0, 0.1) is 4.91 Å². The van der Waals surface area contributed by atoms with Crippen molar-refractivity contribution < 1.29 is 0 Å². The van der Waals surface area contributed by atoms with Crippen molar-refractivity contribution in [3.05, 3.63) is 181 Å². The molecule has 232 valence electrons. The van der Waals surface area contributed by atoms with Crippen molar-refractivity contribution in [2.75, 3.05) is 0 Å². The summed E-state index contributed by atoms with van der Waals surface area (Å²) in [5, 5.41) is 10.5. The maximum absolute atomic E-state index is 10.9. The highest BCUT2D eigenvalue weighted by molar-refractivity contribution is 6.28. The predicted molar refractivity (Wildman–Crippen MR) is 211 cm³/mol. The second-order valence-corrected chi connectivity index (χ2v) is 13.1. The van der Waals surface area contributed by atoms with E-state index in [-0.39, 0.29) is 0 Å². The highest BCUT2D eigenvalue weighted by Gasteiger charge is 2.31. The van der Waals surface area contributed by atoms with Crippen LogP contribution in [0.15, 0.2) is 181 Å². The molecule has 0 aromatic heterocycles. The normalized spacial score (nSPS) is 11.7. The van der Waals surface area contributed by atoms with Crippen molar-refractivity contribution in [3.63, 3.8) is 0 Å². The summed E-state index contributed by atoms with van der Waals surface area (Å²) in [7, 11) is 0. The van der Waals surface area contributed by atoms with Crippen molar-refractivity contribution >= 4 is 38.0 Å². The molecular weight excluding hydrogens is 607 g/mol. The Balaban J connectivity index is 1.20. The molecule has 0 heterocycles. The van der Waals surface area contributed by atoms with Gasteiger partial charge in [-0.1, -0.05) is 152 Å².